The topological polar surface area (TPSA) is 0 Å². The van der Waals surface area contributed by atoms with Crippen molar-refractivity contribution in [1.82, 2.24) is 0 Å². The highest BCUT2D eigenvalue weighted by atomic mass is 19.1. The van der Waals surface area contributed by atoms with Gasteiger partial charge in [-0.05, 0) is 17.5 Å². The fraction of sp³-hybridized carbons (Fsp3) is 0.333. The molecular formula is C12H13F. The van der Waals surface area contributed by atoms with Crippen molar-refractivity contribution in [2.24, 2.45) is 0 Å². The maximum absolute atomic E-state index is 13.4. The van der Waals surface area contributed by atoms with E-state index in [0.29, 0.717) is 11.1 Å². The minimum atomic E-state index is -0.243. The molecule has 0 amide bonds. The van der Waals surface area contributed by atoms with Crippen LogP contribution in [0.25, 0.3) is 0 Å². The van der Waals surface area contributed by atoms with Gasteiger partial charge in [0, 0.05) is 11.1 Å². The summed E-state index contributed by atoms with van der Waals surface area (Å²) in [5.74, 6) is 2.28. The molecule has 0 aliphatic carbocycles. The molecule has 0 aliphatic rings. The van der Waals surface area contributed by atoms with Crippen LogP contribution in [0.15, 0.2) is 18.2 Å². The first-order valence-electron chi connectivity index (χ1n) is 4.22. The first-order valence-corrected chi connectivity index (χ1v) is 4.22. The maximum atomic E-state index is 13.4. The van der Waals surface area contributed by atoms with Crippen LogP contribution in [0.2, 0.25) is 0 Å². The molecule has 1 aromatic carbocycles. The minimum Gasteiger partial charge on any atom is -0.207 e. The molecule has 68 valence electrons. The second kappa shape index (κ2) is 3.22. The minimum absolute atomic E-state index is 0.219. The van der Waals surface area contributed by atoms with Gasteiger partial charge in [0.1, 0.15) is 5.82 Å². The lowest BCUT2D eigenvalue weighted by molar-refractivity contribution is 0.521. The number of hydrogen-bond donors (Lipinski definition) is 0. The van der Waals surface area contributed by atoms with Gasteiger partial charge in [-0.1, -0.05) is 32.8 Å². The monoisotopic (exact) mass is 176 g/mol. The molecule has 0 bridgehead atoms. The Hall–Kier alpha value is -1.29. The molecule has 0 saturated carbocycles. The molecule has 0 spiro atoms. The largest absolute Gasteiger partial charge is 0.207 e. The lowest BCUT2D eigenvalue weighted by Gasteiger charge is -2.21. The molecule has 1 aromatic rings. The molecule has 0 saturated heterocycles. The second-order valence-corrected chi connectivity index (χ2v) is 4.06. The van der Waals surface area contributed by atoms with E-state index in [0.717, 1.165) is 0 Å². The Bertz CT molecular complexity index is 350. The lowest BCUT2D eigenvalue weighted by atomic mass is 9.83. The smallest absolute Gasteiger partial charge is 0.128 e. The summed E-state index contributed by atoms with van der Waals surface area (Å²) in [4.78, 5) is 0. The quantitative estimate of drug-likeness (QED) is 0.533. The molecule has 1 rings (SSSR count). The average Bonchev–Trinajstić information content (AvgIpc) is 2.01. The Morgan fingerprint density at radius 2 is 1.92 bits per heavy atom. The molecule has 0 N–H and O–H groups in total. The van der Waals surface area contributed by atoms with E-state index in [4.69, 9.17) is 6.42 Å². The highest BCUT2D eigenvalue weighted by molar-refractivity contribution is 5.44. The molecule has 0 fully saturated rings. The molecule has 0 unspecified atom stereocenters. The number of terminal acetylenes is 1. The summed E-state index contributed by atoms with van der Waals surface area (Å²) in [7, 11) is 0. The van der Waals surface area contributed by atoms with Gasteiger partial charge < -0.3 is 0 Å². The van der Waals surface area contributed by atoms with Crippen molar-refractivity contribution in [3.8, 4) is 12.3 Å². The van der Waals surface area contributed by atoms with E-state index in [2.05, 4.69) is 5.92 Å². The van der Waals surface area contributed by atoms with Gasteiger partial charge in [-0.25, -0.2) is 4.39 Å². The van der Waals surface area contributed by atoms with Gasteiger partial charge in [0.2, 0.25) is 0 Å². The molecule has 1 heteroatoms. The zero-order chi connectivity index (χ0) is 10.1. The maximum Gasteiger partial charge on any atom is 0.128 e. The molecule has 0 aliphatic heterocycles. The van der Waals surface area contributed by atoms with Crippen LogP contribution in [0.4, 0.5) is 4.39 Å². The third-order valence-corrected chi connectivity index (χ3v) is 1.92. The van der Waals surface area contributed by atoms with Crippen molar-refractivity contribution in [3.63, 3.8) is 0 Å². The highest BCUT2D eigenvalue weighted by Gasteiger charge is 2.20. The van der Waals surface area contributed by atoms with Crippen molar-refractivity contribution < 1.29 is 4.39 Å². The fourth-order valence-corrected chi connectivity index (χ4v) is 1.41. The molecule has 13 heavy (non-hydrogen) atoms. The SMILES string of the molecule is C#Cc1cccc(F)c1C(C)(C)C. The van der Waals surface area contributed by atoms with Crippen LogP contribution >= 0.6 is 0 Å². The van der Waals surface area contributed by atoms with Gasteiger partial charge in [-0.2, -0.15) is 0 Å². The van der Waals surface area contributed by atoms with E-state index in [1.54, 1.807) is 12.1 Å². The van der Waals surface area contributed by atoms with Crippen LogP contribution in [0.1, 0.15) is 31.9 Å². The van der Waals surface area contributed by atoms with Crippen LogP contribution in [0.3, 0.4) is 0 Å². The van der Waals surface area contributed by atoms with Crippen molar-refractivity contribution in [2.75, 3.05) is 0 Å². The van der Waals surface area contributed by atoms with Crippen molar-refractivity contribution >= 4 is 0 Å². The van der Waals surface area contributed by atoms with Gasteiger partial charge in [0.15, 0.2) is 0 Å². The summed E-state index contributed by atoms with van der Waals surface area (Å²) in [6, 6.07) is 4.85. The van der Waals surface area contributed by atoms with Crippen LogP contribution in [0.5, 0.6) is 0 Å². The Labute approximate surface area is 78.8 Å². The Balaban J connectivity index is 3.43. The third kappa shape index (κ3) is 1.89. The van der Waals surface area contributed by atoms with Gasteiger partial charge in [0.05, 0.1) is 0 Å². The van der Waals surface area contributed by atoms with E-state index in [9.17, 15) is 4.39 Å². The Kier molecular flexibility index (Phi) is 2.43. The highest BCUT2D eigenvalue weighted by Crippen LogP contribution is 2.27. The van der Waals surface area contributed by atoms with Gasteiger partial charge in [0.25, 0.3) is 0 Å². The predicted octanol–water partition coefficient (Wildman–Crippen LogP) is 3.10. The van der Waals surface area contributed by atoms with E-state index < -0.39 is 0 Å². The molecule has 0 nitrogen and oxygen atoms in total. The predicted molar refractivity (Wildman–Crippen MR) is 53.0 cm³/mol. The second-order valence-electron chi connectivity index (χ2n) is 4.06. The normalized spacial score (nSPS) is 11.0. The summed E-state index contributed by atoms with van der Waals surface area (Å²) in [6.45, 7) is 5.85. The van der Waals surface area contributed by atoms with Crippen molar-refractivity contribution in [1.29, 1.82) is 0 Å². The van der Waals surface area contributed by atoms with Crippen LogP contribution in [-0.2, 0) is 5.41 Å². The average molecular weight is 176 g/mol. The number of hydrogen-bond acceptors (Lipinski definition) is 0. The first-order chi connectivity index (χ1) is 5.96. The Morgan fingerprint density at radius 1 is 1.31 bits per heavy atom. The summed E-state index contributed by atoms with van der Waals surface area (Å²) in [6.07, 6.45) is 5.30. The molecule has 0 aromatic heterocycles. The van der Waals surface area contributed by atoms with Crippen LogP contribution in [-0.4, -0.2) is 0 Å². The summed E-state index contributed by atoms with van der Waals surface area (Å²) < 4.78 is 13.4. The fourth-order valence-electron chi connectivity index (χ4n) is 1.41. The van der Waals surface area contributed by atoms with Crippen LogP contribution < -0.4 is 0 Å². The molecule has 0 radical (unpaired) electrons. The third-order valence-electron chi connectivity index (χ3n) is 1.92. The standard InChI is InChI=1S/C12H13F/c1-5-9-7-6-8-10(13)11(9)12(2,3)4/h1,6-8H,2-4H3. The van der Waals surface area contributed by atoms with Crippen molar-refractivity contribution in [2.45, 2.75) is 26.2 Å². The summed E-state index contributed by atoms with van der Waals surface area (Å²) >= 11 is 0. The zero-order valence-corrected chi connectivity index (χ0v) is 8.19. The summed E-state index contributed by atoms with van der Waals surface area (Å²) in [5, 5.41) is 0. The Morgan fingerprint density at radius 3 is 2.31 bits per heavy atom. The van der Waals surface area contributed by atoms with Gasteiger partial charge in [-0.15, -0.1) is 6.42 Å². The first kappa shape index (κ1) is 9.80. The molecular weight excluding hydrogens is 163 g/mol. The lowest BCUT2D eigenvalue weighted by Crippen LogP contribution is -2.15. The van der Waals surface area contributed by atoms with Crippen LogP contribution in [0, 0.1) is 18.2 Å². The number of halogens is 1. The summed E-state index contributed by atoms with van der Waals surface area (Å²) in [5.41, 5.74) is 1.03. The molecule has 0 atom stereocenters. The van der Waals surface area contributed by atoms with Gasteiger partial charge >= 0.3 is 0 Å². The van der Waals surface area contributed by atoms with E-state index in [1.165, 1.54) is 6.07 Å². The van der Waals surface area contributed by atoms with Crippen molar-refractivity contribution in [3.05, 3.63) is 35.1 Å². The zero-order valence-electron chi connectivity index (χ0n) is 8.19. The molecule has 0 heterocycles. The van der Waals surface area contributed by atoms with E-state index >= 15 is 0 Å². The number of benzene rings is 1. The van der Waals surface area contributed by atoms with Gasteiger partial charge in [-0.3, -0.25) is 0 Å². The van der Waals surface area contributed by atoms with E-state index in [1.807, 2.05) is 20.8 Å². The van der Waals surface area contributed by atoms with E-state index in [-0.39, 0.29) is 11.2 Å². The number of rotatable bonds is 0.